The summed E-state index contributed by atoms with van der Waals surface area (Å²) in [7, 11) is 0. The Morgan fingerprint density at radius 3 is 3.18 bits per heavy atom. The molecule has 56 valence electrons. The maximum Gasteiger partial charge on any atom is 0.247 e. The first-order valence-corrected chi connectivity index (χ1v) is 3.17. The molecule has 0 aliphatic rings. The summed E-state index contributed by atoms with van der Waals surface area (Å²) in [5, 5.41) is 9.19. The number of nitrogens with zero attached hydrogens (tertiary/aromatic N) is 2. The predicted octanol–water partition coefficient (Wildman–Crippen LogP) is 1.24. The van der Waals surface area contributed by atoms with E-state index in [0.29, 0.717) is 16.9 Å². The number of pyridine rings is 1. The molecule has 0 fully saturated rings. The molecule has 0 radical (unpaired) electrons. The van der Waals surface area contributed by atoms with Crippen LogP contribution in [0.4, 0.5) is 0 Å². The molecule has 0 amide bonds. The number of aromatic nitrogens is 2. The van der Waals surface area contributed by atoms with Crippen molar-refractivity contribution < 1.29 is 9.52 Å². The second-order valence-electron chi connectivity index (χ2n) is 2.27. The van der Waals surface area contributed by atoms with E-state index in [-0.39, 0.29) is 5.75 Å². The molecule has 2 heterocycles. The number of oxazole rings is 1. The van der Waals surface area contributed by atoms with Gasteiger partial charge in [-0.05, 0) is 6.92 Å². The molecule has 4 nitrogen and oxygen atoms in total. The van der Waals surface area contributed by atoms with Crippen molar-refractivity contribution in [1.29, 1.82) is 0 Å². The van der Waals surface area contributed by atoms with Gasteiger partial charge in [-0.15, -0.1) is 0 Å². The maximum atomic E-state index is 9.19. The standard InChI is InChI=1S/C7H6N2O2/c1-4-6(10)2-5-7(9-4)11-3-8-5/h2-3,10H,1H3. The zero-order valence-corrected chi connectivity index (χ0v) is 5.90. The van der Waals surface area contributed by atoms with Crippen molar-refractivity contribution in [2.24, 2.45) is 0 Å². The summed E-state index contributed by atoms with van der Waals surface area (Å²) in [5.41, 5.74) is 1.59. The highest BCUT2D eigenvalue weighted by Crippen LogP contribution is 2.19. The van der Waals surface area contributed by atoms with Gasteiger partial charge in [-0.2, -0.15) is 0 Å². The lowest BCUT2D eigenvalue weighted by Gasteiger charge is -1.93. The van der Waals surface area contributed by atoms with E-state index in [0.717, 1.165) is 0 Å². The van der Waals surface area contributed by atoms with Gasteiger partial charge in [-0.1, -0.05) is 0 Å². The zero-order chi connectivity index (χ0) is 7.84. The van der Waals surface area contributed by atoms with Gasteiger partial charge in [0, 0.05) is 6.07 Å². The average Bonchev–Trinajstić information content (AvgIpc) is 2.36. The van der Waals surface area contributed by atoms with Crippen LogP contribution in [-0.2, 0) is 0 Å². The summed E-state index contributed by atoms with van der Waals surface area (Å²) in [6.07, 6.45) is 1.30. The highest BCUT2D eigenvalue weighted by atomic mass is 16.3. The van der Waals surface area contributed by atoms with E-state index in [1.54, 1.807) is 6.92 Å². The van der Waals surface area contributed by atoms with Crippen LogP contribution in [0.3, 0.4) is 0 Å². The van der Waals surface area contributed by atoms with Crippen molar-refractivity contribution in [2.45, 2.75) is 6.92 Å². The first kappa shape index (κ1) is 6.15. The van der Waals surface area contributed by atoms with Crippen LogP contribution in [0.1, 0.15) is 5.69 Å². The monoisotopic (exact) mass is 150 g/mol. The van der Waals surface area contributed by atoms with Gasteiger partial charge in [-0.25, -0.2) is 9.97 Å². The molecule has 0 aromatic carbocycles. The molecule has 0 spiro atoms. The molecule has 0 saturated carbocycles. The van der Waals surface area contributed by atoms with Crippen molar-refractivity contribution in [3.05, 3.63) is 18.2 Å². The number of rotatable bonds is 0. The topological polar surface area (TPSA) is 59.2 Å². The van der Waals surface area contributed by atoms with Crippen molar-refractivity contribution >= 4 is 11.2 Å². The first-order chi connectivity index (χ1) is 5.27. The lowest BCUT2D eigenvalue weighted by molar-refractivity contribution is 0.467. The molecular weight excluding hydrogens is 144 g/mol. The average molecular weight is 150 g/mol. The Bertz CT molecular complexity index is 358. The molecule has 0 atom stereocenters. The van der Waals surface area contributed by atoms with Gasteiger partial charge in [0.05, 0.1) is 5.69 Å². The lowest BCUT2D eigenvalue weighted by Crippen LogP contribution is -1.81. The van der Waals surface area contributed by atoms with Crippen LogP contribution in [-0.4, -0.2) is 15.1 Å². The van der Waals surface area contributed by atoms with E-state index < -0.39 is 0 Å². The molecule has 11 heavy (non-hydrogen) atoms. The highest BCUT2D eigenvalue weighted by molar-refractivity contribution is 5.69. The van der Waals surface area contributed by atoms with Crippen molar-refractivity contribution in [3.8, 4) is 5.75 Å². The van der Waals surface area contributed by atoms with E-state index in [1.807, 2.05) is 0 Å². The van der Waals surface area contributed by atoms with Crippen LogP contribution in [0.25, 0.3) is 11.2 Å². The van der Waals surface area contributed by atoms with Crippen molar-refractivity contribution in [3.63, 3.8) is 0 Å². The summed E-state index contributed by atoms with van der Waals surface area (Å²) in [6, 6.07) is 1.53. The van der Waals surface area contributed by atoms with Gasteiger partial charge in [-0.3, -0.25) is 0 Å². The summed E-state index contributed by atoms with van der Waals surface area (Å²) in [5.74, 6) is 0.145. The molecule has 1 N–H and O–H groups in total. The summed E-state index contributed by atoms with van der Waals surface area (Å²) >= 11 is 0. The van der Waals surface area contributed by atoms with Crippen LogP contribution in [0, 0.1) is 6.92 Å². The van der Waals surface area contributed by atoms with Gasteiger partial charge in [0.2, 0.25) is 5.71 Å². The normalized spacial score (nSPS) is 10.6. The minimum absolute atomic E-state index is 0.145. The fourth-order valence-electron chi connectivity index (χ4n) is 0.875. The van der Waals surface area contributed by atoms with E-state index in [1.165, 1.54) is 12.5 Å². The number of aromatic hydroxyl groups is 1. The molecule has 2 rings (SSSR count). The number of fused-ring (bicyclic) bond motifs is 1. The van der Waals surface area contributed by atoms with Gasteiger partial charge >= 0.3 is 0 Å². The Hall–Kier alpha value is -1.58. The third-order valence-electron chi connectivity index (χ3n) is 1.49. The number of hydrogen-bond acceptors (Lipinski definition) is 4. The maximum absolute atomic E-state index is 9.19. The molecule has 2 aromatic rings. The Morgan fingerprint density at radius 2 is 2.36 bits per heavy atom. The molecule has 0 bridgehead atoms. The fraction of sp³-hybridized carbons (Fsp3) is 0.143. The molecule has 4 heteroatoms. The largest absolute Gasteiger partial charge is 0.506 e. The number of hydrogen-bond donors (Lipinski definition) is 1. The van der Waals surface area contributed by atoms with Crippen LogP contribution < -0.4 is 0 Å². The second kappa shape index (κ2) is 1.95. The van der Waals surface area contributed by atoms with E-state index in [4.69, 9.17) is 4.42 Å². The van der Waals surface area contributed by atoms with Gasteiger partial charge < -0.3 is 9.52 Å². The molecule has 0 saturated heterocycles. The zero-order valence-electron chi connectivity index (χ0n) is 5.90. The number of aryl methyl sites for hydroxylation is 1. The summed E-state index contributed by atoms with van der Waals surface area (Å²) < 4.78 is 4.92. The van der Waals surface area contributed by atoms with Crippen molar-refractivity contribution in [1.82, 2.24) is 9.97 Å². The Balaban J connectivity index is 2.86. The SMILES string of the molecule is Cc1nc2ocnc2cc1O. The van der Waals surface area contributed by atoms with Gasteiger partial charge in [0.1, 0.15) is 11.3 Å². The minimum Gasteiger partial charge on any atom is -0.506 e. The molecule has 0 aliphatic carbocycles. The molecule has 0 aliphatic heterocycles. The third kappa shape index (κ3) is 0.832. The van der Waals surface area contributed by atoms with Gasteiger partial charge in [0.25, 0.3) is 0 Å². The third-order valence-corrected chi connectivity index (χ3v) is 1.49. The van der Waals surface area contributed by atoms with Crippen LogP contribution >= 0.6 is 0 Å². The predicted molar refractivity (Wildman–Crippen MR) is 38.2 cm³/mol. The Morgan fingerprint density at radius 1 is 1.55 bits per heavy atom. The van der Waals surface area contributed by atoms with Crippen LogP contribution in [0.15, 0.2) is 16.9 Å². The van der Waals surface area contributed by atoms with Gasteiger partial charge in [0.15, 0.2) is 6.39 Å². The smallest absolute Gasteiger partial charge is 0.247 e. The lowest BCUT2D eigenvalue weighted by atomic mass is 10.3. The second-order valence-corrected chi connectivity index (χ2v) is 2.27. The van der Waals surface area contributed by atoms with Crippen LogP contribution in [0.2, 0.25) is 0 Å². The quantitative estimate of drug-likeness (QED) is 0.613. The molecule has 2 aromatic heterocycles. The minimum atomic E-state index is 0.145. The van der Waals surface area contributed by atoms with E-state index in [2.05, 4.69) is 9.97 Å². The Labute approximate surface area is 62.5 Å². The summed E-state index contributed by atoms with van der Waals surface area (Å²) in [6.45, 7) is 1.71. The van der Waals surface area contributed by atoms with E-state index >= 15 is 0 Å². The van der Waals surface area contributed by atoms with E-state index in [9.17, 15) is 5.11 Å². The summed E-state index contributed by atoms with van der Waals surface area (Å²) in [4.78, 5) is 7.79. The highest BCUT2D eigenvalue weighted by Gasteiger charge is 2.03. The Kier molecular flexibility index (Phi) is 1.09. The van der Waals surface area contributed by atoms with Crippen LogP contribution in [0.5, 0.6) is 5.75 Å². The first-order valence-electron chi connectivity index (χ1n) is 3.17. The van der Waals surface area contributed by atoms with Crippen molar-refractivity contribution in [2.75, 3.05) is 0 Å². The molecular formula is C7H6N2O2. The molecule has 0 unspecified atom stereocenters. The fourth-order valence-corrected chi connectivity index (χ4v) is 0.875.